The molecule has 0 saturated carbocycles. The molecule has 0 aliphatic carbocycles. The van der Waals surface area contributed by atoms with E-state index >= 15 is 0 Å². The monoisotopic (exact) mass is 444 g/mol. The number of nitrogens with one attached hydrogen (secondary N) is 1. The zero-order valence-electron chi connectivity index (χ0n) is 17.0. The molecule has 4 aromatic heterocycles. The minimum Gasteiger partial charge on any atom is -0.340 e. The van der Waals surface area contributed by atoms with Crippen LogP contribution in [0.5, 0.6) is 0 Å². The fourth-order valence-corrected chi connectivity index (χ4v) is 3.73. The van der Waals surface area contributed by atoms with E-state index in [1.165, 1.54) is 11.0 Å². The summed E-state index contributed by atoms with van der Waals surface area (Å²) in [4.78, 5) is 24.8. The molecular weight excluding hydrogens is 428 g/mol. The number of H-pyrrole nitrogens is 1. The van der Waals surface area contributed by atoms with Crippen LogP contribution in [0.3, 0.4) is 0 Å². The molecule has 0 spiro atoms. The molecule has 1 aromatic carbocycles. The summed E-state index contributed by atoms with van der Waals surface area (Å²) in [6.07, 6.45) is 6.72. The highest BCUT2D eigenvalue weighted by atomic mass is 35.5. The highest BCUT2D eigenvalue weighted by Crippen LogP contribution is 2.29. The van der Waals surface area contributed by atoms with Gasteiger partial charge in [0.25, 0.3) is 5.56 Å². The first kappa shape index (κ1) is 19.8. The Hall–Kier alpha value is -4.11. The maximum absolute atomic E-state index is 13.0. The number of aromatic amines is 1. The van der Waals surface area contributed by atoms with Crippen molar-refractivity contribution in [3.63, 3.8) is 0 Å². The smallest absolute Gasteiger partial charge is 0.251 e. The van der Waals surface area contributed by atoms with E-state index in [0.717, 1.165) is 33.8 Å². The van der Waals surface area contributed by atoms with Gasteiger partial charge in [-0.25, -0.2) is 4.98 Å². The third kappa shape index (κ3) is 3.81. The third-order valence-electron chi connectivity index (χ3n) is 5.11. The predicted molar refractivity (Wildman–Crippen MR) is 120 cm³/mol. The summed E-state index contributed by atoms with van der Waals surface area (Å²) in [5, 5.41) is 11.9. The van der Waals surface area contributed by atoms with Gasteiger partial charge in [-0.15, -0.1) is 5.10 Å². The number of tetrazole rings is 1. The van der Waals surface area contributed by atoms with Crippen LogP contribution in [-0.2, 0) is 6.54 Å². The molecule has 32 heavy (non-hydrogen) atoms. The molecule has 5 rings (SSSR count). The lowest BCUT2D eigenvalue weighted by molar-refractivity contribution is 0.700. The molecule has 0 aliphatic rings. The molecule has 9 nitrogen and oxygen atoms in total. The standard InChI is InChI=1S/C22H17ClN8O/c1-14-7-16(18-9-17(23)4-5-20(18)31-13-26-28-29-31)8-22(32)30(14)12-21-25-11-19(27-21)15-3-2-6-24-10-15/h2-11,13H,12H2,1H3,(H,25,27). The maximum Gasteiger partial charge on any atom is 0.251 e. The molecule has 0 aliphatic heterocycles. The molecule has 10 heteroatoms. The summed E-state index contributed by atoms with van der Waals surface area (Å²) in [5.74, 6) is 0.680. The molecule has 0 radical (unpaired) electrons. The highest BCUT2D eigenvalue weighted by Gasteiger charge is 2.13. The summed E-state index contributed by atoms with van der Waals surface area (Å²) >= 11 is 6.24. The Kier molecular flexibility index (Phi) is 5.08. The first-order valence-corrected chi connectivity index (χ1v) is 10.2. The molecule has 5 aromatic rings. The van der Waals surface area contributed by atoms with Gasteiger partial charge in [0.15, 0.2) is 0 Å². The summed E-state index contributed by atoms with van der Waals surface area (Å²) < 4.78 is 3.20. The van der Waals surface area contributed by atoms with E-state index in [9.17, 15) is 4.79 Å². The highest BCUT2D eigenvalue weighted by molar-refractivity contribution is 6.31. The Morgan fingerprint density at radius 2 is 2.00 bits per heavy atom. The summed E-state index contributed by atoms with van der Waals surface area (Å²) in [5.41, 5.74) is 4.63. The maximum atomic E-state index is 13.0. The van der Waals surface area contributed by atoms with Gasteiger partial charge >= 0.3 is 0 Å². The quantitative estimate of drug-likeness (QED) is 0.445. The van der Waals surface area contributed by atoms with E-state index < -0.39 is 0 Å². The molecule has 0 amide bonds. The number of nitrogens with zero attached hydrogens (tertiary/aromatic N) is 7. The van der Waals surface area contributed by atoms with Gasteiger partial charge in [-0.3, -0.25) is 9.78 Å². The summed E-state index contributed by atoms with van der Waals surface area (Å²) in [6, 6.07) is 12.7. The van der Waals surface area contributed by atoms with Crippen LogP contribution in [0.1, 0.15) is 11.5 Å². The molecule has 4 heterocycles. The second kappa shape index (κ2) is 8.20. The second-order valence-corrected chi connectivity index (χ2v) is 7.65. The van der Waals surface area contributed by atoms with Crippen molar-refractivity contribution in [2.45, 2.75) is 13.5 Å². The normalized spacial score (nSPS) is 11.1. The number of pyridine rings is 2. The van der Waals surface area contributed by atoms with E-state index in [1.807, 2.05) is 31.2 Å². The van der Waals surface area contributed by atoms with E-state index in [0.29, 0.717) is 17.4 Å². The van der Waals surface area contributed by atoms with Crippen molar-refractivity contribution in [3.8, 4) is 28.1 Å². The van der Waals surface area contributed by atoms with Gasteiger partial charge in [0.1, 0.15) is 12.2 Å². The van der Waals surface area contributed by atoms with Crippen molar-refractivity contribution in [3.05, 3.63) is 94.3 Å². The van der Waals surface area contributed by atoms with Crippen LogP contribution in [0.25, 0.3) is 28.1 Å². The van der Waals surface area contributed by atoms with Gasteiger partial charge < -0.3 is 9.55 Å². The predicted octanol–water partition coefficient (Wildman–Crippen LogP) is 3.29. The van der Waals surface area contributed by atoms with E-state index in [4.69, 9.17) is 11.6 Å². The van der Waals surface area contributed by atoms with E-state index in [2.05, 4.69) is 30.5 Å². The van der Waals surface area contributed by atoms with Crippen LogP contribution in [0.15, 0.2) is 72.2 Å². The van der Waals surface area contributed by atoms with Crippen LogP contribution in [-0.4, -0.2) is 39.7 Å². The topological polar surface area (TPSA) is 107 Å². The Bertz CT molecular complexity index is 1440. The van der Waals surface area contributed by atoms with E-state index in [-0.39, 0.29) is 5.56 Å². The molecular formula is C22H17ClN8O. The number of hydrogen-bond acceptors (Lipinski definition) is 6. The second-order valence-electron chi connectivity index (χ2n) is 7.21. The first-order chi connectivity index (χ1) is 15.6. The molecule has 0 fully saturated rings. The number of hydrogen-bond donors (Lipinski definition) is 1. The van der Waals surface area contributed by atoms with Crippen LogP contribution in [0.4, 0.5) is 0 Å². The molecule has 1 N–H and O–H groups in total. The lowest BCUT2D eigenvalue weighted by Crippen LogP contribution is -2.23. The van der Waals surface area contributed by atoms with Crippen LogP contribution in [0.2, 0.25) is 5.02 Å². The zero-order valence-corrected chi connectivity index (χ0v) is 17.7. The summed E-state index contributed by atoms with van der Waals surface area (Å²) in [6.45, 7) is 2.21. The Morgan fingerprint density at radius 1 is 1.09 bits per heavy atom. The third-order valence-corrected chi connectivity index (χ3v) is 5.34. The number of aryl methyl sites for hydroxylation is 1. The largest absolute Gasteiger partial charge is 0.340 e. The molecule has 0 unspecified atom stereocenters. The van der Waals surface area contributed by atoms with Crippen molar-refractivity contribution in [2.75, 3.05) is 0 Å². The lowest BCUT2D eigenvalue weighted by atomic mass is 10.0. The van der Waals surface area contributed by atoms with Crippen molar-refractivity contribution in [1.82, 2.24) is 39.7 Å². The Morgan fingerprint density at radius 3 is 2.75 bits per heavy atom. The molecule has 0 atom stereocenters. The number of rotatable bonds is 5. The van der Waals surface area contributed by atoms with Crippen molar-refractivity contribution in [2.24, 2.45) is 0 Å². The average molecular weight is 445 g/mol. The van der Waals surface area contributed by atoms with Gasteiger partial charge in [-0.2, -0.15) is 4.68 Å². The van der Waals surface area contributed by atoms with Crippen LogP contribution in [0, 0.1) is 6.92 Å². The number of aromatic nitrogens is 8. The molecule has 0 saturated heterocycles. The number of halogens is 1. The first-order valence-electron chi connectivity index (χ1n) is 9.77. The van der Waals surface area contributed by atoms with Gasteiger partial charge in [0, 0.05) is 40.3 Å². The number of benzene rings is 1. The molecule has 158 valence electrons. The number of imidazole rings is 1. The average Bonchev–Trinajstić information content (AvgIpc) is 3.49. The van der Waals surface area contributed by atoms with Gasteiger partial charge in [0.05, 0.1) is 24.1 Å². The Labute approximate surface area is 187 Å². The van der Waals surface area contributed by atoms with Gasteiger partial charge in [0.2, 0.25) is 0 Å². The molecule has 0 bridgehead atoms. The van der Waals surface area contributed by atoms with Crippen molar-refractivity contribution >= 4 is 11.6 Å². The fraction of sp³-hybridized carbons (Fsp3) is 0.0909. The van der Waals surface area contributed by atoms with Crippen molar-refractivity contribution < 1.29 is 0 Å². The van der Waals surface area contributed by atoms with Crippen LogP contribution < -0.4 is 5.56 Å². The van der Waals surface area contributed by atoms with Crippen LogP contribution >= 0.6 is 11.6 Å². The minimum absolute atomic E-state index is 0.151. The summed E-state index contributed by atoms with van der Waals surface area (Å²) in [7, 11) is 0. The lowest BCUT2D eigenvalue weighted by Gasteiger charge is -2.13. The van der Waals surface area contributed by atoms with Crippen molar-refractivity contribution in [1.29, 1.82) is 0 Å². The SMILES string of the molecule is Cc1cc(-c2cc(Cl)ccc2-n2cnnn2)cc(=O)n1Cc1ncc(-c2cccnc2)[nH]1. The van der Waals surface area contributed by atoms with Gasteiger partial charge in [-0.05, 0) is 59.3 Å². The fourth-order valence-electron chi connectivity index (χ4n) is 3.56. The minimum atomic E-state index is -0.151. The zero-order chi connectivity index (χ0) is 22.1. The Balaban J connectivity index is 1.50. The van der Waals surface area contributed by atoms with Gasteiger partial charge in [-0.1, -0.05) is 11.6 Å². The van der Waals surface area contributed by atoms with E-state index in [1.54, 1.807) is 41.4 Å².